The fourth-order valence-electron chi connectivity index (χ4n) is 2.63. The van der Waals surface area contributed by atoms with Gasteiger partial charge in [0.05, 0.1) is 12.6 Å². The van der Waals surface area contributed by atoms with Gasteiger partial charge in [0.1, 0.15) is 5.76 Å². The molecule has 1 heterocycles. The fraction of sp³-hybridized carbons (Fsp3) is 0.857. The highest BCUT2D eigenvalue weighted by Gasteiger charge is 2.21. The summed E-state index contributed by atoms with van der Waals surface area (Å²) in [4.78, 5) is 0. The van der Waals surface area contributed by atoms with Crippen LogP contribution in [0.25, 0.3) is 0 Å². The van der Waals surface area contributed by atoms with E-state index in [1.54, 1.807) is 0 Å². The van der Waals surface area contributed by atoms with Gasteiger partial charge in [0.15, 0.2) is 0 Å². The lowest BCUT2D eigenvalue weighted by Gasteiger charge is -2.24. The molecule has 98 valence electrons. The summed E-state index contributed by atoms with van der Waals surface area (Å²) >= 11 is 2.15. The first-order chi connectivity index (χ1) is 8.40. The van der Waals surface area contributed by atoms with E-state index in [0.29, 0.717) is 6.04 Å². The van der Waals surface area contributed by atoms with Gasteiger partial charge in [-0.3, -0.25) is 0 Å². The smallest absolute Gasteiger partial charge is 0.110 e. The maximum absolute atomic E-state index is 5.69. The Balaban J connectivity index is 1.76. The molecule has 17 heavy (non-hydrogen) atoms. The van der Waals surface area contributed by atoms with Crippen molar-refractivity contribution >= 4 is 11.8 Å². The van der Waals surface area contributed by atoms with Gasteiger partial charge in [-0.05, 0) is 25.5 Å². The second-order valence-corrected chi connectivity index (χ2v) is 6.28. The van der Waals surface area contributed by atoms with Crippen molar-refractivity contribution in [3.05, 3.63) is 11.8 Å². The maximum Gasteiger partial charge on any atom is 0.110 e. The average molecular weight is 255 g/mol. The van der Waals surface area contributed by atoms with Crippen molar-refractivity contribution in [2.45, 2.75) is 56.7 Å². The molecule has 0 bridgehead atoms. The Morgan fingerprint density at radius 3 is 2.88 bits per heavy atom. The lowest BCUT2D eigenvalue weighted by atomic mass is 10.0. The van der Waals surface area contributed by atoms with Crippen molar-refractivity contribution in [3.8, 4) is 0 Å². The largest absolute Gasteiger partial charge is 0.496 e. The number of hydrogen-bond acceptors (Lipinski definition) is 3. The summed E-state index contributed by atoms with van der Waals surface area (Å²) in [6.07, 6.45) is 10.5. The summed E-state index contributed by atoms with van der Waals surface area (Å²) in [5.74, 6) is 2.36. The van der Waals surface area contributed by atoms with E-state index >= 15 is 0 Å². The highest BCUT2D eigenvalue weighted by atomic mass is 32.2. The molecule has 2 aliphatic rings. The summed E-state index contributed by atoms with van der Waals surface area (Å²) in [6, 6.07) is 0.439. The van der Waals surface area contributed by atoms with Gasteiger partial charge < -0.3 is 10.1 Å². The Kier molecular flexibility index (Phi) is 5.72. The second kappa shape index (κ2) is 7.32. The zero-order chi connectivity index (χ0) is 11.9. The molecular formula is C14H25NOS. The molecule has 1 unspecified atom stereocenters. The molecule has 0 aromatic carbocycles. The van der Waals surface area contributed by atoms with Gasteiger partial charge in [0.2, 0.25) is 0 Å². The van der Waals surface area contributed by atoms with E-state index in [1.807, 2.05) is 0 Å². The monoisotopic (exact) mass is 255 g/mol. The topological polar surface area (TPSA) is 21.3 Å². The predicted octanol–water partition coefficient (Wildman–Crippen LogP) is 3.33. The van der Waals surface area contributed by atoms with Crippen LogP contribution in [0.4, 0.5) is 0 Å². The highest BCUT2D eigenvalue weighted by molar-refractivity contribution is 7.99. The van der Waals surface area contributed by atoms with E-state index < -0.39 is 0 Å². The molecule has 1 aliphatic carbocycles. The zero-order valence-electron chi connectivity index (χ0n) is 10.9. The number of likely N-dealkylation sites (N-methyl/N-ethyl adjacent to an activating group) is 1. The van der Waals surface area contributed by atoms with Crippen LogP contribution in [0, 0.1) is 0 Å². The lowest BCUT2D eigenvalue weighted by Crippen LogP contribution is -2.34. The molecule has 1 fully saturated rings. The molecule has 2 nitrogen and oxygen atoms in total. The van der Waals surface area contributed by atoms with Crippen LogP contribution in [0.2, 0.25) is 0 Å². The quantitative estimate of drug-likeness (QED) is 0.786. The first-order valence-corrected chi connectivity index (χ1v) is 8.13. The van der Waals surface area contributed by atoms with Crippen molar-refractivity contribution in [1.29, 1.82) is 0 Å². The van der Waals surface area contributed by atoms with E-state index in [4.69, 9.17) is 4.74 Å². The van der Waals surface area contributed by atoms with Crippen molar-refractivity contribution < 1.29 is 4.74 Å². The van der Waals surface area contributed by atoms with Gasteiger partial charge in [-0.15, -0.1) is 0 Å². The van der Waals surface area contributed by atoms with Gasteiger partial charge >= 0.3 is 0 Å². The number of thioether (sulfide) groups is 1. The molecule has 0 aromatic rings. The van der Waals surface area contributed by atoms with Crippen LogP contribution in [0.5, 0.6) is 0 Å². The molecule has 3 heteroatoms. The number of nitrogens with one attached hydrogen (secondary N) is 1. The second-order valence-electron chi connectivity index (χ2n) is 4.95. The molecule has 0 radical (unpaired) electrons. The Bertz CT molecular complexity index is 249. The molecule has 0 amide bonds. The molecule has 1 aliphatic heterocycles. The van der Waals surface area contributed by atoms with E-state index in [1.165, 1.54) is 43.6 Å². The van der Waals surface area contributed by atoms with Crippen molar-refractivity contribution in [2.24, 2.45) is 0 Å². The molecule has 1 atom stereocenters. The number of rotatable bonds is 6. The predicted molar refractivity (Wildman–Crippen MR) is 75.4 cm³/mol. The van der Waals surface area contributed by atoms with Gasteiger partial charge in [-0.1, -0.05) is 26.2 Å². The third-order valence-electron chi connectivity index (χ3n) is 3.58. The Hall–Kier alpha value is -0.150. The SMILES string of the molecule is CCNC(CSC1CCCCC1)C1=CCCO1. The van der Waals surface area contributed by atoms with Crippen molar-refractivity contribution in [3.63, 3.8) is 0 Å². The normalized spacial score (nSPS) is 23.2. The van der Waals surface area contributed by atoms with Crippen LogP contribution in [-0.4, -0.2) is 30.2 Å². The van der Waals surface area contributed by atoms with E-state index in [2.05, 4.69) is 30.1 Å². The minimum atomic E-state index is 0.439. The molecule has 0 spiro atoms. The van der Waals surface area contributed by atoms with Crippen LogP contribution < -0.4 is 5.32 Å². The summed E-state index contributed by atoms with van der Waals surface area (Å²) in [7, 11) is 0. The molecule has 1 N–H and O–H groups in total. The molecule has 2 rings (SSSR count). The van der Waals surface area contributed by atoms with Gasteiger partial charge in [-0.25, -0.2) is 0 Å². The Morgan fingerprint density at radius 1 is 1.41 bits per heavy atom. The van der Waals surface area contributed by atoms with Crippen LogP contribution in [0.15, 0.2) is 11.8 Å². The van der Waals surface area contributed by atoms with Crippen LogP contribution in [0.3, 0.4) is 0 Å². The first kappa shape index (κ1) is 13.3. The molecule has 1 saturated carbocycles. The minimum Gasteiger partial charge on any atom is -0.496 e. The summed E-state index contributed by atoms with van der Waals surface area (Å²) in [5, 5.41) is 4.45. The van der Waals surface area contributed by atoms with E-state index in [-0.39, 0.29) is 0 Å². The highest BCUT2D eigenvalue weighted by Crippen LogP contribution is 2.29. The van der Waals surface area contributed by atoms with Crippen LogP contribution in [0.1, 0.15) is 45.4 Å². The Labute approximate surface area is 110 Å². The first-order valence-electron chi connectivity index (χ1n) is 7.08. The van der Waals surface area contributed by atoms with E-state index in [9.17, 15) is 0 Å². The van der Waals surface area contributed by atoms with Crippen LogP contribution >= 0.6 is 11.8 Å². The van der Waals surface area contributed by atoms with Crippen molar-refractivity contribution in [1.82, 2.24) is 5.32 Å². The van der Waals surface area contributed by atoms with Gasteiger partial charge in [0, 0.05) is 17.4 Å². The standard InChI is InChI=1S/C14H25NOS/c1-2-15-13(14-9-6-10-16-14)11-17-12-7-4-3-5-8-12/h9,12-13,15H,2-8,10-11H2,1H3. The third kappa shape index (κ3) is 4.22. The van der Waals surface area contributed by atoms with Crippen molar-refractivity contribution in [2.75, 3.05) is 18.9 Å². The molecule has 0 saturated heterocycles. The summed E-state index contributed by atoms with van der Waals surface area (Å²) in [6.45, 7) is 4.08. The summed E-state index contributed by atoms with van der Waals surface area (Å²) in [5.41, 5.74) is 0. The third-order valence-corrected chi connectivity index (χ3v) is 5.05. The van der Waals surface area contributed by atoms with E-state index in [0.717, 1.165) is 24.8 Å². The average Bonchev–Trinajstić information content (AvgIpc) is 2.89. The number of hydrogen-bond donors (Lipinski definition) is 1. The Morgan fingerprint density at radius 2 is 2.24 bits per heavy atom. The summed E-state index contributed by atoms with van der Waals surface area (Å²) < 4.78 is 5.69. The zero-order valence-corrected chi connectivity index (χ0v) is 11.7. The minimum absolute atomic E-state index is 0.439. The van der Waals surface area contributed by atoms with Gasteiger partial charge in [-0.2, -0.15) is 11.8 Å². The van der Waals surface area contributed by atoms with Gasteiger partial charge in [0.25, 0.3) is 0 Å². The molecule has 0 aromatic heterocycles. The molecular weight excluding hydrogens is 230 g/mol. The lowest BCUT2D eigenvalue weighted by molar-refractivity contribution is 0.220. The maximum atomic E-state index is 5.69. The fourth-order valence-corrected chi connectivity index (χ4v) is 4.05. The number of ether oxygens (including phenoxy) is 1. The van der Waals surface area contributed by atoms with Crippen LogP contribution in [-0.2, 0) is 4.74 Å².